The number of fused-ring (bicyclic) bond motifs is 1. The normalized spacial score (nSPS) is 17.5. The van der Waals surface area contributed by atoms with Crippen molar-refractivity contribution in [2.45, 2.75) is 25.8 Å². The number of rotatable bonds is 5. The van der Waals surface area contributed by atoms with Gasteiger partial charge >= 0.3 is 0 Å². The van der Waals surface area contributed by atoms with E-state index in [0.717, 1.165) is 19.5 Å². The van der Waals surface area contributed by atoms with Crippen LogP contribution in [0.1, 0.15) is 25.3 Å². The van der Waals surface area contributed by atoms with E-state index in [1.54, 1.807) is 36.5 Å². The van der Waals surface area contributed by atoms with Crippen LogP contribution in [0.15, 0.2) is 58.3 Å². The third-order valence-corrected chi connectivity index (χ3v) is 5.85. The highest BCUT2D eigenvalue weighted by Gasteiger charge is 2.22. The maximum atomic E-state index is 13.1. The molecule has 6 heteroatoms. The van der Waals surface area contributed by atoms with Gasteiger partial charge in [0.25, 0.3) is 5.56 Å². The Morgan fingerprint density at radius 2 is 2.00 bits per heavy atom. The Morgan fingerprint density at radius 1 is 1.21 bits per heavy atom. The average Bonchev–Trinajstić information content (AvgIpc) is 3.18. The van der Waals surface area contributed by atoms with Gasteiger partial charge in [-0.05, 0) is 50.2 Å². The first-order valence-corrected chi connectivity index (χ1v) is 10.3. The smallest absolute Gasteiger partial charge is 0.265 e. The molecule has 29 heavy (non-hydrogen) atoms. The SMILES string of the molecule is CCN1CCC[C@H]1CN=Cc1c(O)n(-c2cccc(Cl)c2)c(=O)c2ccccc12. The van der Waals surface area contributed by atoms with Gasteiger partial charge in [0.15, 0.2) is 0 Å². The van der Waals surface area contributed by atoms with Crippen LogP contribution in [-0.4, -0.2) is 46.5 Å². The second-order valence-electron chi connectivity index (χ2n) is 7.32. The van der Waals surface area contributed by atoms with Crippen LogP contribution in [-0.2, 0) is 0 Å². The Bertz CT molecular complexity index is 1120. The van der Waals surface area contributed by atoms with Crippen molar-refractivity contribution in [1.29, 1.82) is 0 Å². The molecule has 2 aromatic carbocycles. The molecule has 150 valence electrons. The van der Waals surface area contributed by atoms with Gasteiger partial charge in [-0.2, -0.15) is 0 Å². The largest absolute Gasteiger partial charge is 0.494 e. The van der Waals surface area contributed by atoms with Crippen molar-refractivity contribution < 1.29 is 5.11 Å². The maximum Gasteiger partial charge on any atom is 0.265 e. The van der Waals surface area contributed by atoms with Gasteiger partial charge in [-0.15, -0.1) is 0 Å². The number of hydrogen-bond acceptors (Lipinski definition) is 4. The molecule has 5 nitrogen and oxygen atoms in total. The van der Waals surface area contributed by atoms with Crippen molar-refractivity contribution in [3.63, 3.8) is 0 Å². The first kappa shape index (κ1) is 19.7. The summed E-state index contributed by atoms with van der Waals surface area (Å²) < 4.78 is 1.30. The molecule has 0 radical (unpaired) electrons. The number of likely N-dealkylation sites (N-methyl/N-ethyl adjacent to an activating group) is 1. The standard InChI is InChI=1S/C23H24ClN3O2/c1-2-26-12-6-9-18(26)14-25-15-21-19-10-3-4-11-20(19)22(28)27(23(21)29)17-8-5-7-16(24)13-17/h3-5,7-8,10-11,13,15,18,29H,2,6,9,12,14H2,1H3/t18-/m0/s1. The first-order chi connectivity index (χ1) is 14.1. The van der Waals surface area contributed by atoms with Crippen LogP contribution in [0.4, 0.5) is 0 Å². The highest BCUT2D eigenvalue weighted by Crippen LogP contribution is 2.27. The minimum absolute atomic E-state index is 0.126. The summed E-state index contributed by atoms with van der Waals surface area (Å²) in [6, 6.07) is 14.6. The zero-order chi connectivity index (χ0) is 20.4. The lowest BCUT2D eigenvalue weighted by molar-refractivity contribution is 0.273. The Labute approximate surface area is 174 Å². The molecule has 1 aliphatic heterocycles. The fourth-order valence-corrected chi connectivity index (χ4v) is 4.31. The van der Waals surface area contributed by atoms with Gasteiger partial charge in [-0.25, -0.2) is 4.57 Å². The quantitative estimate of drug-likeness (QED) is 0.641. The molecule has 0 spiro atoms. The van der Waals surface area contributed by atoms with Gasteiger partial charge in [-0.3, -0.25) is 14.7 Å². The second kappa shape index (κ2) is 8.39. The lowest BCUT2D eigenvalue weighted by atomic mass is 10.1. The van der Waals surface area contributed by atoms with Crippen molar-refractivity contribution in [3.05, 3.63) is 69.5 Å². The van der Waals surface area contributed by atoms with E-state index in [4.69, 9.17) is 11.6 Å². The van der Waals surface area contributed by atoms with Crippen LogP contribution in [0.3, 0.4) is 0 Å². The highest BCUT2D eigenvalue weighted by molar-refractivity contribution is 6.30. The maximum absolute atomic E-state index is 13.1. The van der Waals surface area contributed by atoms with Crippen LogP contribution >= 0.6 is 11.6 Å². The van der Waals surface area contributed by atoms with Gasteiger partial charge < -0.3 is 5.11 Å². The predicted octanol–water partition coefficient (Wildman–Crippen LogP) is 4.25. The number of pyridine rings is 1. The van der Waals surface area contributed by atoms with Gasteiger partial charge in [0, 0.05) is 28.1 Å². The molecule has 2 heterocycles. The van der Waals surface area contributed by atoms with Gasteiger partial charge in [0.1, 0.15) is 0 Å². The minimum Gasteiger partial charge on any atom is -0.494 e. The Hall–Kier alpha value is -2.63. The lowest BCUT2D eigenvalue weighted by Crippen LogP contribution is -2.31. The second-order valence-corrected chi connectivity index (χ2v) is 7.76. The van der Waals surface area contributed by atoms with Crippen molar-refractivity contribution >= 4 is 28.6 Å². The van der Waals surface area contributed by atoms with E-state index in [1.807, 2.05) is 18.2 Å². The molecule has 4 rings (SSSR count). The summed E-state index contributed by atoms with van der Waals surface area (Å²) in [4.78, 5) is 20.2. The zero-order valence-corrected chi connectivity index (χ0v) is 17.1. The summed E-state index contributed by atoms with van der Waals surface area (Å²) in [5, 5.41) is 12.7. The molecule has 1 fully saturated rings. The van der Waals surface area contributed by atoms with Crippen LogP contribution in [0.25, 0.3) is 16.5 Å². The van der Waals surface area contributed by atoms with Gasteiger partial charge in [0.05, 0.1) is 17.8 Å². The van der Waals surface area contributed by atoms with E-state index < -0.39 is 0 Å². The number of likely N-dealkylation sites (tertiary alicyclic amines) is 1. The van der Waals surface area contributed by atoms with E-state index in [0.29, 0.717) is 39.6 Å². The molecule has 0 unspecified atom stereocenters. The van der Waals surface area contributed by atoms with E-state index in [-0.39, 0.29) is 11.4 Å². The molecule has 1 N–H and O–H groups in total. The van der Waals surface area contributed by atoms with E-state index in [9.17, 15) is 9.90 Å². The predicted molar refractivity (Wildman–Crippen MR) is 119 cm³/mol. The lowest BCUT2D eigenvalue weighted by Gasteiger charge is -2.20. The third-order valence-electron chi connectivity index (χ3n) is 5.61. The number of aliphatic imine (C=N–C) groups is 1. The number of halogens is 1. The third kappa shape index (κ3) is 3.80. The zero-order valence-electron chi connectivity index (χ0n) is 16.4. The molecule has 1 saturated heterocycles. The van der Waals surface area contributed by atoms with E-state index >= 15 is 0 Å². The molecule has 1 aliphatic rings. The first-order valence-electron chi connectivity index (χ1n) is 9.96. The van der Waals surface area contributed by atoms with E-state index in [2.05, 4.69) is 16.8 Å². The number of hydrogen-bond donors (Lipinski definition) is 1. The molecule has 1 aromatic heterocycles. The van der Waals surface area contributed by atoms with Crippen LogP contribution < -0.4 is 5.56 Å². The van der Waals surface area contributed by atoms with Crippen LogP contribution in [0, 0.1) is 0 Å². The molecule has 0 aliphatic carbocycles. The Kier molecular flexibility index (Phi) is 5.69. The average molecular weight is 410 g/mol. The summed E-state index contributed by atoms with van der Waals surface area (Å²) in [6.07, 6.45) is 4.03. The summed E-state index contributed by atoms with van der Waals surface area (Å²) in [7, 11) is 0. The highest BCUT2D eigenvalue weighted by atomic mass is 35.5. The molecule has 1 atom stereocenters. The van der Waals surface area contributed by atoms with Gasteiger partial charge in [-0.1, -0.05) is 42.8 Å². The number of nitrogens with zero attached hydrogens (tertiary/aromatic N) is 3. The molecule has 0 bridgehead atoms. The summed E-state index contributed by atoms with van der Waals surface area (Å²) >= 11 is 6.11. The fraction of sp³-hybridized carbons (Fsp3) is 0.304. The number of aromatic nitrogens is 1. The van der Waals surface area contributed by atoms with Crippen molar-refractivity contribution in [2.75, 3.05) is 19.6 Å². The van der Waals surface area contributed by atoms with Crippen LogP contribution in [0.2, 0.25) is 5.02 Å². The van der Waals surface area contributed by atoms with Crippen LogP contribution in [0.5, 0.6) is 5.88 Å². The molecular formula is C23H24ClN3O2. The Morgan fingerprint density at radius 3 is 2.76 bits per heavy atom. The molecule has 0 saturated carbocycles. The van der Waals surface area contributed by atoms with Crippen molar-refractivity contribution in [2.24, 2.45) is 4.99 Å². The molecular weight excluding hydrogens is 386 g/mol. The number of benzene rings is 2. The monoisotopic (exact) mass is 409 g/mol. The Balaban J connectivity index is 1.81. The summed E-state index contributed by atoms with van der Waals surface area (Å²) in [6.45, 7) is 4.98. The summed E-state index contributed by atoms with van der Waals surface area (Å²) in [5.74, 6) is -0.126. The molecule has 0 amide bonds. The fourth-order valence-electron chi connectivity index (χ4n) is 4.13. The van der Waals surface area contributed by atoms with Crippen molar-refractivity contribution in [3.8, 4) is 11.6 Å². The van der Waals surface area contributed by atoms with Crippen molar-refractivity contribution in [1.82, 2.24) is 9.47 Å². The summed E-state index contributed by atoms with van der Waals surface area (Å²) in [5.41, 5.74) is 0.778. The topological polar surface area (TPSA) is 57.8 Å². The van der Waals surface area contributed by atoms with Gasteiger partial charge in [0.2, 0.25) is 5.88 Å². The number of aromatic hydroxyl groups is 1. The van der Waals surface area contributed by atoms with E-state index in [1.165, 1.54) is 11.0 Å². The molecule has 3 aromatic rings. The minimum atomic E-state index is -0.287.